The first kappa shape index (κ1) is 18.8. The fraction of sp³-hybridized carbons (Fsp3) is 0.294. The molecule has 26 heavy (non-hydrogen) atoms. The number of aromatic nitrogens is 1. The lowest BCUT2D eigenvalue weighted by atomic mass is 10.1. The standard InChI is InChI=1S/C17H15ClIN5O2/c1-9-4-10-14(24(9)8-26-3)5-11(18)16(17(10)25)23-22-15-6-13(20-2)12(19)7-21-15/h5-7,9,25H,4,8H2,1,3H3. The Balaban J connectivity index is 1.98. The number of azo groups is 1. The fourth-order valence-corrected chi connectivity index (χ4v) is 3.49. The smallest absolute Gasteiger partial charge is 0.205 e. The third-order valence-electron chi connectivity index (χ3n) is 4.11. The molecule has 1 unspecified atom stereocenters. The zero-order chi connectivity index (χ0) is 18.8. The molecule has 1 aromatic heterocycles. The number of rotatable bonds is 4. The molecule has 2 aromatic rings. The number of phenols is 1. The van der Waals surface area contributed by atoms with Crippen molar-refractivity contribution in [1.82, 2.24) is 4.98 Å². The summed E-state index contributed by atoms with van der Waals surface area (Å²) < 4.78 is 5.96. The van der Waals surface area contributed by atoms with E-state index in [1.54, 1.807) is 25.4 Å². The number of pyridine rings is 1. The molecule has 1 aromatic carbocycles. The molecule has 0 fully saturated rings. The van der Waals surface area contributed by atoms with Crippen LogP contribution < -0.4 is 4.90 Å². The van der Waals surface area contributed by atoms with Gasteiger partial charge in [-0.2, -0.15) is 0 Å². The Bertz CT molecular complexity index is 928. The van der Waals surface area contributed by atoms with Crippen molar-refractivity contribution in [2.75, 3.05) is 18.7 Å². The molecule has 2 heterocycles. The molecular weight excluding hydrogens is 469 g/mol. The monoisotopic (exact) mass is 483 g/mol. The number of ether oxygens (including phenoxy) is 1. The van der Waals surface area contributed by atoms with Gasteiger partial charge in [-0.25, -0.2) is 9.83 Å². The van der Waals surface area contributed by atoms with Gasteiger partial charge in [0.05, 0.1) is 11.6 Å². The van der Waals surface area contributed by atoms with Crippen molar-refractivity contribution in [2.24, 2.45) is 10.2 Å². The van der Waals surface area contributed by atoms with Crippen LogP contribution in [0.15, 0.2) is 28.6 Å². The third-order valence-corrected chi connectivity index (χ3v) is 5.23. The Hall–Kier alpha value is -1.96. The topological polar surface area (TPSA) is 74.7 Å². The highest BCUT2D eigenvalue weighted by atomic mass is 127. The highest BCUT2D eigenvalue weighted by molar-refractivity contribution is 14.1. The molecule has 134 valence electrons. The molecule has 0 spiro atoms. The van der Waals surface area contributed by atoms with Gasteiger partial charge in [0, 0.05) is 34.2 Å². The largest absolute Gasteiger partial charge is 0.505 e. The quantitative estimate of drug-likeness (QED) is 0.361. The van der Waals surface area contributed by atoms with E-state index in [1.165, 1.54) is 0 Å². The maximum absolute atomic E-state index is 10.6. The second kappa shape index (κ2) is 7.73. The molecule has 0 saturated heterocycles. The van der Waals surface area contributed by atoms with E-state index in [4.69, 9.17) is 22.9 Å². The first-order valence-corrected chi connectivity index (χ1v) is 9.16. The zero-order valence-corrected chi connectivity index (χ0v) is 17.0. The summed E-state index contributed by atoms with van der Waals surface area (Å²) >= 11 is 8.36. The number of anilines is 1. The molecular formula is C17H15ClIN5O2. The van der Waals surface area contributed by atoms with E-state index in [-0.39, 0.29) is 28.3 Å². The summed E-state index contributed by atoms with van der Waals surface area (Å²) in [6.45, 7) is 9.61. The van der Waals surface area contributed by atoms with Crippen molar-refractivity contribution in [1.29, 1.82) is 0 Å². The van der Waals surface area contributed by atoms with E-state index in [2.05, 4.69) is 27.0 Å². The molecule has 9 heteroatoms. The van der Waals surface area contributed by atoms with Gasteiger partial charge in [-0.05, 0) is 25.5 Å². The summed E-state index contributed by atoms with van der Waals surface area (Å²) in [5.74, 6) is 0.291. The van der Waals surface area contributed by atoms with Crippen LogP contribution in [0, 0.1) is 10.1 Å². The van der Waals surface area contributed by atoms with E-state index < -0.39 is 0 Å². The fourth-order valence-electron chi connectivity index (χ4n) is 2.84. The highest BCUT2D eigenvalue weighted by Crippen LogP contribution is 2.47. The summed E-state index contributed by atoms with van der Waals surface area (Å²) in [6.07, 6.45) is 2.21. The van der Waals surface area contributed by atoms with Gasteiger partial charge in [0.2, 0.25) is 5.69 Å². The summed E-state index contributed by atoms with van der Waals surface area (Å²) in [5.41, 5.74) is 2.25. The van der Waals surface area contributed by atoms with Crippen LogP contribution in [0.25, 0.3) is 4.85 Å². The molecule has 0 bridgehead atoms. The van der Waals surface area contributed by atoms with Crippen LogP contribution in [0.2, 0.25) is 5.02 Å². The summed E-state index contributed by atoms with van der Waals surface area (Å²) in [4.78, 5) is 9.56. The zero-order valence-electron chi connectivity index (χ0n) is 14.1. The molecule has 0 saturated carbocycles. The predicted octanol–water partition coefficient (Wildman–Crippen LogP) is 5.37. The van der Waals surface area contributed by atoms with Crippen LogP contribution in [-0.2, 0) is 11.2 Å². The van der Waals surface area contributed by atoms with Gasteiger partial charge >= 0.3 is 0 Å². The average Bonchev–Trinajstić information content (AvgIpc) is 2.92. The molecule has 3 rings (SSSR count). The van der Waals surface area contributed by atoms with E-state index in [9.17, 15) is 5.11 Å². The van der Waals surface area contributed by atoms with Gasteiger partial charge in [-0.15, -0.1) is 10.2 Å². The molecule has 1 atom stereocenters. The van der Waals surface area contributed by atoms with Gasteiger partial charge in [0.25, 0.3) is 0 Å². The maximum Gasteiger partial charge on any atom is 0.205 e. The number of hydrogen-bond donors (Lipinski definition) is 1. The van der Waals surface area contributed by atoms with Crippen molar-refractivity contribution in [3.63, 3.8) is 0 Å². The normalized spacial score (nSPS) is 16.1. The van der Waals surface area contributed by atoms with Crippen LogP contribution in [0.4, 0.5) is 22.9 Å². The van der Waals surface area contributed by atoms with Crippen LogP contribution in [0.5, 0.6) is 5.75 Å². The first-order chi connectivity index (χ1) is 12.5. The van der Waals surface area contributed by atoms with Crippen LogP contribution in [0.1, 0.15) is 12.5 Å². The van der Waals surface area contributed by atoms with Gasteiger partial charge in [0.15, 0.2) is 5.82 Å². The Morgan fingerprint density at radius 1 is 1.50 bits per heavy atom. The Morgan fingerprint density at radius 2 is 2.27 bits per heavy atom. The summed E-state index contributed by atoms with van der Waals surface area (Å²) in [6, 6.07) is 3.48. The third kappa shape index (κ3) is 3.47. The molecule has 1 N–H and O–H groups in total. The Labute approximate surface area is 169 Å². The molecule has 0 amide bonds. The lowest BCUT2D eigenvalue weighted by Crippen LogP contribution is -2.30. The Kier molecular flexibility index (Phi) is 5.60. The van der Waals surface area contributed by atoms with Crippen LogP contribution in [-0.4, -0.2) is 30.0 Å². The maximum atomic E-state index is 10.6. The minimum atomic E-state index is 0.0117. The number of aromatic hydroxyl groups is 1. The minimum Gasteiger partial charge on any atom is -0.505 e. The lowest BCUT2D eigenvalue weighted by Gasteiger charge is -2.23. The molecule has 0 aliphatic carbocycles. The molecule has 7 nitrogen and oxygen atoms in total. The van der Waals surface area contributed by atoms with E-state index in [1.807, 2.05) is 27.5 Å². The van der Waals surface area contributed by atoms with Crippen molar-refractivity contribution < 1.29 is 9.84 Å². The average molecular weight is 484 g/mol. The van der Waals surface area contributed by atoms with Gasteiger partial charge in [0.1, 0.15) is 18.2 Å². The number of benzene rings is 1. The van der Waals surface area contributed by atoms with Crippen molar-refractivity contribution in [3.8, 4) is 5.75 Å². The number of halogens is 2. The van der Waals surface area contributed by atoms with Crippen molar-refractivity contribution in [2.45, 2.75) is 19.4 Å². The minimum absolute atomic E-state index is 0.0117. The lowest BCUT2D eigenvalue weighted by molar-refractivity contribution is 0.193. The predicted molar refractivity (Wildman–Crippen MR) is 108 cm³/mol. The summed E-state index contributed by atoms with van der Waals surface area (Å²) in [7, 11) is 1.63. The summed E-state index contributed by atoms with van der Waals surface area (Å²) in [5, 5.41) is 19.0. The first-order valence-electron chi connectivity index (χ1n) is 7.71. The van der Waals surface area contributed by atoms with Crippen LogP contribution >= 0.6 is 34.2 Å². The van der Waals surface area contributed by atoms with E-state index in [0.29, 0.717) is 18.8 Å². The second-order valence-corrected chi connectivity index (χ2v) is 7.37. The van der Waals surface area contributed by atoms with Crippen molar-refractivity contribution in [3.05, 3.63) is 43.9 Å². The van der Waals surface area contributed by atoms with E-state index >= 15 is 0 Å². The molecule has 1 aliphatic rings. The molecule has 1 aliphatic heterocycles. The number of hydrogen-bond acceptors (Lipinski definition) is 6. The van der Waals surface area contributed by atoms with E-state index in [0.717, 1.165) is 14.8 Å². The van der Waals surface area contributed by atoms with Crippen LogP contribution in [0.3, 0.4) is 0 Å². The molecule has 0 radical (unpaired) electrons. The van der Waals surface area contributed by atoms with Gasteiger partial charge in [-0.1, -0.05) is 34.2 Å². The second-order valence-electron chi connectivity index (χ2n) is 5.80. The van der Waals surface area contributed by atoms with Gasteiger partial charge < -0.3 is 14.7 Å². The number of methoxy groups -OCH3 is 1. The number of fused-ring (bicyclic) bond motifs is 1. The number of phenolic OH excluding ortho intramolecular Hbond substituents is 1. The SMILES string of the molecule is [C-]#[N+]c1cc(N=Nc2c(Cl)cc3c(c2O)CC(C)N3COC)ncc1I. The highest BCUT2D eigenvalue weighted by Gasteiger charge is 2.31. The number of nitrogens with zero attached hydrogens (tertiary/aromatic N) is 5. The van der Waals surface area contributed by atoms with Gasteiger partial charge in [-0.3, -0.25) is 0 Å². The Morgan fingerprint density at radius 3 is 2.96 bits per heavy atom. The van der Waals surface area contributed by atoms with Crippen molar-refractivity contribution >= 4 is 57.1 Å².